The average molecular weight is 271 g/mol. The predicted octanol–water partition coefficient (Wildman–Crippen LogP) is 1.86. The molecule has 6 nitrogen and oxygen atoms in total. The molecule has 3 rings (SSSR count). The molecule has 2 heterocycles. The summed E-state index contributed by atoms with van der Waals surface area (Å²) in [6.45, 7) is 3.83. The Morgan fingerprint density at radius 3 is 2.85 bits per heavy atom. The third-order valence-corrected chi connectivity index (χ3v) is 3.51. The maximum atomic E-state index is 8.96. The molecule has 0 unspecified atom stereocenters. The molecule has 0 aromatic carbocycles. The van der Waals surface area contributed by atoms with E-state index in [1.54, 1.807) is 4.68 Å². The van der Waals surface area contributed by atoms with Gasteiger partial charge in [-0.05, 0) is 44.4 Å². The number of aryl methyl sites for hydroxylation is 2. The van der Waals surface area contributed by atoms with Gasteiger partial charge in [-0.2, -0.15) is 5.10 Å². The van der Waals surface area contributed by atoms with Crippen LogP contribution in [-0.4, -0.2) is 25.8 Å². The Morgan fingerprint density at radius 2 is 2.20 bits per heavy atom. The number of rotatable bonds is 3. The first-order valence-corrected chi connectivity index (χ1v) is 6.62. The number of hydrogen-bond donors (Lipinski definition) is 2. The molecule has 0 bridgehead atoms. The Hall–Kier alpha value is -2.37. The van der Waals surface area contributed by atoms with E-state index in [1.165, 1.54) is 12.8 Å². The topological polar surface area (TPSA) is 89.3 Å². The van der Waals surface area contributed by atoms with Crippen LogP contribution in [0.25, 0.3) is 5.82 Å². The van der Waals surface area contributed by atoms with Gasteiger partial charge in [-0.3, -0.25) is 0 Å². The van der Waals surface area contributed by atoms with E-state index >= 15 is 0 Å². The van der Waals surface area contributed by atoms with Crippen LogP contribution < -0.4 is 5.73 Å². The Labute approximate surface area is 116 Å². The molecule has 6 heteroatoms. The van der Waals surface area contributed by atoms with Crippen molar-refractivity contribution in [1.29, 1.82) is 0 Å². The van der Waals surface area contributed by atoms with Crippen molar-refractivity contribution < 1.29 is 5.21 Å². The number of amidine groups is 1. The molecule has 0 aliphatic heterocycles. The summed E-state index contributed by atoms with van der Waals surface area (Å²) in [4.78, 5) is 4.49. The number of nitrogens with zero attached hydrogens (tertiary/aromatic N) is 4. The predicted molar refractivity (Wildman–Crippen MR) is 75.3 cm³/mol. The zero-order chi connectivity index (χ0) is 14.3. The van der Waals surface area contributed by atoms with Crippen molar-refractivity contribution in [2.24, 2.45) is 10.9 Å². The van der Waals surface area contributed by atoms with Crippen LogP contribution in [0.15, 0.2) is 23.5 Å². The van der Waals surface area contributed by atoms with Crippen LogP contribution in [0, 0.1) is 13.8 Å². The highest BCUT2D eigenvalue weighted by Crippen LogP contribution is 2.39. The number of nitrogens with two attached hydrogens (primary N) is 1. The lowest BCUT2D eigenvalue weighted by Crippen LogP contribution is -2.20. The molecule has 0 atom stereocenters. The quantitative estimate of drug-likeness (QED) is 0.386. The second-order valence-electron chi connectivity index (χ2n) is 5.22. The number of aromatic nitrogens is 3. The van der Waals surface area contributed by atoms with E-state index in [2.05, 4.69) is 15.2 Å². The number of hydrogen-bond acceptors (Lipinski definition) is 4. The van der Waals surface area contributed by atoms with E-state index in [0.717, 1.165) is 17.0 Å². The molecule has 0 amide bonds. The lowest BCUT2D eigenvalue weighted by atomic mass is 10.1. The summed E-state index contributed by atoms with van der Waals surface area (Å²) in [6, 6.07) is 3.91. The van der Waals surface area contributed by atoms with Gasteiger partial charge >= 0.3 is 0 Å². The standard InChI is InChI=1S/C14H17N5O/c1-8-7-9(2)16-14(12(8)13(15)18-20)19-6-5-11(17-19)10-3-4-10/h5-7,10,20H,3-4H2,1-2H3,(H2,15,18). The van der Waals surface area contributed by atoms with Gasteiger partial charge in [0.15, 0.2) is 11.7 Å². The van der Waals surface area contributed by atoms with Gasteiger partial charge in [-0.1, -0.05) is 5.16 Å². The molecule has 2 aromatic heterocycles. The Morgan fingerprint density at radius 1 is 1.45 bits per heavy atom. The van der Waals surface area contributed by atoms with Crippen molar-refractivity contribution in [3.63, 3.8) is 0 Å². The lowest BCUT2D eigenvalue weighted by molar-refractivity contribution is 0.318. The minimum atomic E-state index is 0.0495. The van der Waals surface area contributed by atoms with Gasteiger partial charge in [-0.15, -0.1) is 0 Å². The van der Waals surface area contributed by atoms with Crippen LogP contribution in [-0.2, 0) is 0 Å². The van der Waals surface area contributed by atoms with Crippen LogP contribution in [0.5, 0.6) is 0 Å². The van der Waals surface area contributed by atoms with E-state index in [1.807, 2.05) is 32.2 Å². The second-order valence-corrected chi connectivity index (χ2v) is 5.22. The fourth-order valence-electron chi connectivity index (χ4n) is 2.40. The molecule has 3 N–H and O–H groups in total. The van der Waals surface area contributed by atoms with Gasteiger partial charge < -0.3 is 10.9 Å². The average Bonchev–Trinajstić information content (AvgIpc) is 3.15. The smallest absolute Gasteiger partial charge is 0.174 e. The van der Waals surface area contributed by atoms with E-state index in [-0.39, 0.29) is 5.84 Å². The summed E-state index contributed by atoms with van der Waals surface area (Å²) in [5.41, 5.74) is 9.25. The molecule has 20 heavy (non-hydrogen) atoms. The third-order valence-electron chi connectivity index (χ3n) is 3.51. The summed E-state index contributed by atoms with van der Waals surface area (Å²) in [5, 5.41) is 16.6. The van der Waals surface area contributed by atoms with Crippen molar-refractivity contribution in [1.82, 2.24) is 14.8 Å². The third kappa shape index (κ3) is 2.13. The number of oxime groups is 1. The van der Waals surface area contributed by atoms with E-state index < -0.39 is 0 Å². The fourth-order valence-corrected chi connectivity index (χ4v) is 2.40. The van der Waals surface area contributed by atoms with Gasteiger partial charge in [0, 0.05) is 17.8 Å². The molecule has 0 saturated heterocycles. The highest BCUT2D eigenvalue weighted by Gasteiger charge is 2.26. The molecule has 1 fully saturated rings. The number of pyridine rings is 1. The lowest BCUT2D eigenvalue weighted by Gasteiger charge is -2.11. The van der Waals surface area contributed by atoms with Crippen LogP contribution in [0.1, 0.15) is 41.3 Å². The normalized spacial score (nSPS) is 15.6. The first-order chi connectivity index (χ1) is 9.60. The first-order valence-electron chi connectivity index (χ1n) is 6.62. The van der Waals surface area contributed by atoms with E-state index in [4.69, 9.17) is 10.9 Å². The fraction of sp³-hybridized carbons (Fsp3) is 0.357. The molecule has 1 aliphatic rings. The van der Waals surface area contributed by atoms with E-state index in [9.17, 15) is 0 Å². The maximum Gasteiger partial charge on any atom is 0.174 e. The van der Waals surface area contributed by atoms with Gasteiger partial charge in [0.1, 0.15) is 0 Å². The largest absolute Gasteiger partial charge is 0.409 e. The molecule has 0 radical (unpaired) electrons. The van der Waals surface area contributed by atoms with Gasteiger partial charge in [0.2, 0.25) is 0 Å². The summed E-state index contributed by atoms with van der Waals surface area (Å²) in [5.74, 6) is 1.23. The first kappa shape index (κ1) is 12.7. The van der Waals surface area contributed by atoms with Crippen molar-refractivity contribution in [3.05, 3.63) is 40.8 Å². The van der Waals surface area contributed by atoms with Crippen LogP contribution in [0.2, 0.25) is 0 Å². The maximum absolute atomic E-state index is 8.96. The molecule has 1 saturated carbocycles. The Kier molecular flexibility index (Phi) is 2.93. The van der Waals surface area contributed by atoms with Crippen LogP contribution >= 0.6 is 0 Å². The summed E-state index contributed by atoms with van der Waals surface area (Å²) in [6.07, 6.45) is 4.28. The molecular weight excluding hydrogens is 254 g/mol. The SMILES string of the molecule is Cc1cc(C)c(C(N)=NO)c(-n2ccc(C3CC3)n2)n1. The zero-order valence-electron chi connectivity index (χ0n) is 11.5. The van der Waals surface area contributed by atoms with Crippen LogP contribution in [0.4, 0.5) is 0 Å². The van der Waals surface area contributed by atoms with Crippen molar-refractivity contribution in [2.75, 3.05) is 0 Å². The highest BCUT2D eigenvalue weighted by molar-refractivity contribution is 6.01. The summed E-state index contributed by atoms with van der Waals surface area (Å²) < 4.78 is 1.71. The van der Waals surface area contributed by atoms with E-state index in [0.29, 0.717) is 17.3 Å². The highest BCUT2D eigenvalue weighted by atomic mass is 16.4. The Balaban J connectivity index is 2.14. The van der Waals surface area contributed by atoms with Gasteiger partial charge in [-0.25, -0.2) is 9.67 Å². The van der Waals surface area contributed by atoms with Crippen LogP contribution in [0.3, 0.4) is 0 Å². The summed E-state index contributed by atoms with van der Waals surface area (Å²) in [7, 11) is 0. The molecular formula is C14H17N5O. The van der Waals surface area contributed by atoms with Crippen molar-refractivity contribution in [3.8, 4) is 5.82 Å². The van der Waals surface area contributed by atoms with Crippen molar-refractivity contribution in [2.45, 2.75) is 32.6 Å². The molecule has 2 aromatic rings. The molecule has 104 valence electrons. The van der Waals surface area contributed by atoms with Gasteiger partial charge in [0.25, 0.3) is 0 Å². The minimum absolute atomic E-state index is 0.0495. The molecule has 0 spiro atoms. The summed E-state index contributed by atoms with van der Waals surface area (Å²) >= 11 is 0. The monoisotopic (exact) mass is 271 g/mol. The minimum Gasteiger partial charge on any atom is -0.409 e. The molecule has 1 aliphatic carbocycles. The van der Waals surface area contributed by atoms with Gasteiger partial charge in [0.05, 0.1) is 11.3 Å². The second kappa shape index (κ2) is 4.63. The zero-order valence-corrected chi connectivity index (χ0v) is 11.5. The van der Waals surface area contributed by atoms with Crippen molar-refractivity contribution >= 4 is 5.84 Å². The Bertz CT molecular complexity index is 685.